The molecule has 0 saturated carbocycles. The SMILES string of the molecule is CCCc1[nH]n(CC(C)C)c(=O)c1Br. The first-order valence-corrected chi connectivity index (χ1v) is 5.82. The van der Waals surface area contributed by atoms with Gasteiger partial charge in [0.25, 0.3) is 5.56 Å². The first kappa shape index (κ1) is 11.6. The van der Waals surface area contributed by atoms with E-state index in [1.165, 1.54) is 0 Å². The van der Waals surface area contributed by atoms with Crippen molar-refractivity contribution in [2.45, 2.75) is 40.2 Å². The molecule has 3 nitrogen and oxygen atoms in total. The predicted octanol–water partition coefficient (Wildman–Crippen LogP) is 2.55. The first-order valence-electron chi connectivity index (χ1n) is 5.03. The van der Waals surface area contributed by atoms with E-state index in [0.29, 0.717) is 10.4 Å². The zero-order chi connectivity index (χ0) is 10.7. The smallest absolute Gasteiger partial charge is 0.281 e. The number of H-pyrrole nitrogens is 1. The molecule has 1 aromatic heterocycles. The van der Waals surface area contributed by atoms with Crippen molar-refractivity contribution in [2.24, 2.45) is 5.92 Å². The van der Waals surface area contributed by atoms with Crippen molar-refractivity contribution < 1.29 is 0 Å². The summed E-state index contributed by atoms with van der Waals surface area (Å²) in [6.07, 6.45) is 1.96. The van der Waals surface area contributed by atoms with Crippen molar-refractivity contribution in [1.29, 1.82) is 0 Å². The highest BCUT2D eigenvalue weighted by molar-refractivity contribution is 9.10. The third-order valence-corrected chi connectivity index (χ3v) is 2.83. The molecular formula is C10H17BrN2O. The summed E-state index contributed by atoms with van der Waals surface area (Å²) in [5.41, 5.74) is 1.07. The fraction of sp³-hybridized carbons (Fsp3) is 0.700. The van der Waals surface area contributed by atoms with E-state index in [9.17, 15) is 4.79 Å². The molecule has 1 rings (SSSR count). The van der Waals surface area contributed by atoms with Gasteiger partial charge in [-0.25, -0.2) is 0 Å². The van der Waals surface area contributed by atoms with Crippen LogP contribution in [0.25, 0.3) is 0 Å². The molecule has 0 aromatic carbocycles. The van der Waals surface area contributed by atoms with Crippen LogP contribution in [0.2, 0.25) is 0 Å². The van der Waals surface area contributed by atoms with Gasteiger partial charge in [0.1, 0.15) is 4.47 Å². The highest BCUT2D eigenvalue weighted by Gasteiger charge is 2.10. The standard InChI is InChI=1S/C10H17BrN2O/c1-4-5-8-9(11)10(14)13(12-8)6-7(2)3/h7,12H,4-6H2,1-3H3. The summed E-state index contributed by atoms with van der Waals surface area (Å²) in [5, 5.41) is 3.14. The summed E-state index contributed by atoms with van der Waals surface area (Å²) < 4.78 is 2.37. The number of hydrogen-bond acceptors (Lipinski definition) is 1. The maximum Gasteiger partial charge on any atom is 0.281 e. The van der Waals surface area contributed by atoms with Crippen molar-refractivity contribution >= 4 is 15.9 Å². The monoisotopic (exact) mass is 260 g/mol. The van der Waals surface area contributed by atoms with Crippen molar-refractivity contribution in [3.8, 4) is 0 Å². The molecule has 0 aliphatic rings. The van der Waals surface area contributed by atoms with Crippen LogP contribution < -0.4 is 5.56 Å². The van der Waals surface area contributed by atoms with Crippen LogP contribution in [-0.4, -0.2) is 9.78 Å². The Labute approximate surface area is 92.6 Å². The summed E-state index contributed by atoms with van der Waals surface area (Å²) in [6, 6.07) is 0. The van der Waals surface area contributed by atoms with Gasteiger partial charge in [0.2, 0.25) is 0 Å². The quantitative estimate of drug-likeness (QED) is 0.888. The van der Waals surface area contributed by atoms with Crippen LogP contribution in [0.1, 0.15) is 32.9 Å². The Morgan fingerprint density at radius 3 is 2.64 bits per heavy atom. The van der Waals surface area contributed by atoms with E-state index in [2.05, 4.69) is 41.8 Å². The molecule has 80 valence electrons. The van der Waals surface area contributed by atoms with Crippen molar-refractivity contribution in [3.63, 3.8) is 0 Å². The second-order valence-corrected chi connectivity index (χ2v) is 4.76. The Hall–Kier alpha value is -0.510. The molecule has 0 aliphatic heterocycles. The lowest BCUT2D eigenvalue weighted by Crippen LogP contribution is -2.19. The van der Waals surface area contributed by atoms with E-state index >= 15 is 0 Å². The van der Waals surface area contributed by atoms with E-state index < -0.39 is 0 Å². The van der Waals surface area contributed by atoms with E-state index in [-0.39, 0.29) is 5.56 Å². The molecule has 0 fully saturated rings. The Bertz CT molecular complexity index is 351. The fourth-order valence-electron chi connectivity index (χ4n) is 1.42. The summed E-state index contributed by atoms with van der Waals surface area (Å²) in [7, 11) is 0. The molecule has 1 aromatic rings. The summed E-state index contributed by atoms with van der Waals surface area (Å²) in [6.45, 7) is 7.05. The van der Waals surface area contributed by atoms with Crippen molar-refractivity contribution in [2.75, 3.05) is 0 Å². The van der Waals surface area contributed by atoms with Crippen LogP contribution in [0.5, 0.6) is 0 Å². The molecule has 0 atom stereocenters. The van der Waals surface area contributed by atoms with Crippen molar-refractivity contribution in [1.82, 2.24) is 9.78 Å². The third kappa shape index (κ3) is 2.50. The molecule has 0 bridgehead atoms. The number of nitrogens with one attached hydrogen (secondary N) is 1. The molecule has 1 heterocycles. The van der Waals surface area contributed by atoms with E-state index in [4.69, 9.17) is 0 Å². The van der Waals surface area contributed by atoms with Crippen LogP contribution in [0.15, 0.2) is 9.27 Å². The zero-order valence-electron chi connectivity index (χ0n) is 8.93. The van der Waals surface area contributed by atoms with Crippen LogP contribution in [-0.2, 0) is 13.0 Å². The number of aromatic amines is 1. The number of aryl methyl sites for hydroxylation is 1. The van der Waals surface area contributed by atoms with Crippen molar-refractivity contribution in [3.05, 3.63) is 20.5 Å². The lowest BCUT2D eigenvalue weighted by Gasteiger charge is -2.04. The first-order chi connectivity index (χ1) is 6.56. The maximum absolute atomic E-state index is 11.7. The predicted molar refractivity (Wildman–Crippen MR) is 61.6 cm³/mol. The molecule has 14 heavy (non-hydrogen) atoms. The Morgan fingerprint density at radius 2 is 2.14 bits per heavy atom. The average Bonchev–Trinajstić information content (AvgIpc) is 2.34. The van der Waals surface area contributed by atoms with Gasteiger partial charge in [-0.2, -0.15) is 0 Å². The Balaban J connectivity index is 2.96. The van der Waals surface area contributed by atoms with Gasteiger partial charge in [0.05, 0.1) is 5.69 Å². The number of halogens is 1. The third-order valence-electron chi connectivity index (χ3n) is 2.02. The summed E-state index contributed by atoms with van der Waals surface area (Å²) >= 11 is 3.33. The van der Waals surface area contributed by atoms with Gasteiger partial charge in [0, 0.05) is 6.54 Å². The lowest BCUT2D eigenvalue weighted by molar-refractivity contribution is 0.469. The molecule has 0 amide bonds. The second kappa shape index (κ2) is 4.82. The second-order valence-electron chi connectivity index (χ2n) is 3.96. The normalized spacial score (nSPS) is 11.2. The van der Waals surface area contributed by atoms with Crippen LogP contribution >= 0.6 is 15.9 Å². The fourth-order valence-corrected chi connectivity index (χ4v) is 1.92. The van der Waals surface area contributed by atoms with Gasteiger partial charge in [-0.05, 0) is 28.3 Å². The topological polar surface area (TPSA) is 37.8 Å². The minimum atomic E-state index is 0.0575. The number of rotatable bonds is 4. The zero-order valence-corrected chi connectivity index (χ0v) is 10.5. The largest absolute Gasteiger partial charge is 0.299 e. The molecule has 1 N–H and O–H groups in total. The minimum Gasteiger partial charge on any atom is -0.299 e. The summed E-state index contributed by atoms with van der Waals surface area (Å²) in [4.78, 5) is 11.7. The van der Waals surface area contributed by atoms with E-state index in [1.807, 2.05) is 0 Å². The van der Waals surface area contributed by atoms with Gasteiger partial charge >= 0.3 is 0 Å². The van der Waals surface area contributed by atoms with Crippen LogP contribution in [0.3, 0.4) is 0 Å². The van der Waals surface area contributed by atoms with E-state index in [1.54, 1.807) is 4.68 Å². The van der Waals surface area contributed by atoms with Crippen LogP contribution in [0, 0.1) is 5.92 Å². The molecule has 0 spiro atoms. The number of hydrogen-bond donors (Lipinski definition) is 1. The number of aromatic nitrogens is 2. The summed E-state index contributed by atoms with van der Waals surface area (Å²) in [5.74, 6) is 0.479. The van der Waals surface area contributed by atoms with Gasteiger partial charge < -0.3 is 0 Å². The Morgan fingerprint density at radius 1 is 1.50 bits per heavy atom. The molecule has 0 saturated heterocycles. The van der Waals surface area contributed by atoms with Gasteiger partial charge in [0.15, 0.2) is 0 Å². The molecule has 0 aliphatic carbocycles. The van der Waals surface area contributed by atoms with Gasteiger partial charge in [-0.15, -0.1) is 0 Å². The lowest BCUT2D eigenvalue weighted by atomic mass is 10.2. The maximum atomic E-state index is 11.7. The van der Waals surface area contributed by atoms with Gasteiger partial charge in [-0.3, -0.25) is 14.6 Å². The van der Waals surface area contributed by atoms with Crippen LogP contribution in [0.4, 0.5) is 0 Å². The molecular weight excluding hydrogens is 244 g/mol. The highest BCUT2D eigenvalue weighted by atomic mass is 79.9. The molecule has 0 unspecified atom stereocenters. The molecule has 0 radical (unpaired) electrons. The average molecular weight is 261 g/mol. The van der Waals surface area contributed by atoms with E-state index in [0.717, 1.165) is 25.1 Å². The molecule has 4 heteroatoms. The van der Waals surface area contributed by atoms with Gasteiger partial charge in [-0.1, -0.05) is 27.2 Å². The minimum absolute atomic E-state index is 0.0575. The number of nitrogens with zero attached hydrogens (tertiary/aromatic N) is 1. The highest BCUT2D eigenvalue weighted by Crippen LogP contribution is 2.12. The Kier molecular flexibility index (Phi) is 3.98.